The van der Waals surface area contributed by atoms with Crippen LogP contribution in [0.5, 0.6) is 0 Å². The molecule has 2 aliphatic heterocycles. The van der Waals surface area contributed by atoms with Crippen molar-refractivity contribution in [3.05, 3.63) is 76.9 Å². The number of nitrogens with zero attached hydrogens (tertiary/aromatic N) is 1. The van der Waals surface area contributed by atoms with Crippen LogP contribution in [0.4, 0.5) is 5.69 Å². The molecule has 120 valence electrons. The van der Waals surface area contributed by atoms with Gasteiger partial charge in [-0.05, 0) is 52.9 Å². The Kier molecular flexibility index (Phi) is 2.98. The maximum absolute atomic E-state index is 6.28. The maximum Gasteiger partial charge on any atom is 0.0921 e. The van der Waals surface area contributed by atoms with E-state index in [2.05, 4.69) is 73.5 Å². The summed E-state index contributed by atoms with van der Waals surface area (Å²) in [4.78, 5) is 6.28. The first-order chi connectivity index (χ1) is 11.7. The van der Waals surface area contributed by atoms with Gasteiger partial charge in [-0.15, -0.1) is 0 Å². The number of rotatable bonds is 1. The molecule has 0 aliphatic carbocycles. The number of hydrogen-bond donors (Lipinski definition) is 0. The first-order valence-electron chi connectivity index (χ1n) is 8.74. The molecule has 2 bridgehead atoms. The number of anilines is 1. The molecule has 2 nitrogen and oxygen atoms in total. The number of fused-ring (bicyclic) bond motifs is 5. The van der Waals surface area contributed by atoms with Crippen LogP contribution >= 0.6 is 0 Å². The highest BCUT2D eigenvalue weighted by atomic mass is 16.7. The second kappa shape index (κ2) is 5.09. The third-order valence-electron chi connectivity index (χ3n) is 5.48. The van der Waals surface area contributed by atoms with Crippen LogP contribution in [-0.4, -0.2) is 6.10 Å². The Balaban J connectivity index is 1.68. The van der Waals surface area contributed by atoms with Crippen LogP contribution in [0.3, 0.4) is 0 Å². The van der Waals surface area contributed by atoms with Gasteiger partial charge in [-0.3, -0.25) is 4.84 Å². The number of benzene rings is 3. The first-order valence-corrected chi connectivity index (χ1v) is 8.74. The second-order valence-electron chi connectivity index (χ2n) is 7.16. The summed E-state index contributed by atoms with van der Waals surface area (Å²) in [6.07, 6.45) is 2.38. The van der Waals surface area contributed by atoms with E-state index in [1.807, 2.05) is 0 Å². The van der Waals surface area contributed by atoms with Crippen molar-refractivity contribution in [2.45, 2.75) is 38.8 Å². The summed E-state index contributed by atoms with van der Waals surface area (Å²) in [6.45, 7) is 4.40. The van der Waals surface area contributed by atoms with E-state index in [4.69, 9.17) is 4.84 Å². The zero-order valence-corrected chi connectivity index (χ0v) is 14.1. The smallest absolute Gasteiger partial charge is 0.0921 e. The Bertz CT molecular complexity index is 941. The summed E-state index contributed by atoms with van der Waals surface area (Å²) >= 11 is 0. The third-order valence-corrected chi connectivity index (χ3v) is 5.48. The molecule has 3 aromatic carbocycles. The summed E-state index contributed by atoms with van der Waals surface area (Å²) in [5.74, 6) is 0. The summed E-state index contributed by atoms with van der Waals surface area (Å²) in [6, 6.07) is 20.2. The molecule has 3 aromatic rings. The van der Waals surface area contributed by atoms with Crippen molar-refractivity contribution >= 4 is 16.5 Å². The molecule has 2 heterocycles. The quantitative estimate of drug-likeness (QED) is 0.607. The average Bonchev–Trinajstić information content (AvgIpc) is 2.94. The van der Waals surface area contributed by atoms with Gasteiger partial charge in [-0.1, -0.05) is 48.5 Å². The Hall–Kier alpha value is -2.32. The van der Waals surface area contributed by atoms with Gasteiger partial charge < -0.3 is 0 Å². The van der Waals surface area contributed by atoms with Gasteiger partial charge in [0.25, 0.3) is 0 Å². The van der Waals surface area contributed by atoms with Crippen molar-refractivity contribution in [1.29, 1.82) is 0 Å². The molecule has 0 amide bonds. The van der Waals surface area contributed by atoms with Crippen LogP contribution in [0.25, 0.3) is 10.8 Å². The molecule has 0 unspecified atom stereocenters. The zero-order chi connectivity index (χ0) is 16.3. The lowest BCUT2D eigenvalue weighted by Gasteiger charge is -2.32. The molecule has 24 heavy (non-hydrogen) atoms. The van der Waals surface area contributed by atoms with Crippen molar-refractivity contribution in [3.8, 4) is 0 Å². The monoisotopic (exact) mass is 315 g/mol. The van der Waals surface area contributed by atoms with Crippen LogP contribution in [-0.2, 0) is 11.3 Å². The zero-order valence-electron chi connectivity index (χ0n) is 14.1. The molecule has 5 rings (SSSR count). The van der Waals surface area contributed by atoms with Crippen LogP contribution in [0.15, 0.2) is 54.6 Å². The Labute approximate surface area is 142 Å². The summed E-state index contributed by atoms with van der Waals surface area (Å²) in [7, 11) is 0. The highest BCUT2D eigenvalue weighted by Gasteiger charge is 2.41. The summed E-state index contributed by atoms with van der Waals surface area (Å²) < 4.78 is 0. The fourth-order valence-corrected chi connectivity index (χ4v) is 4.43. The molecule has 0 aromatic heterocycles. The largest absolute Gasteiger partial charge is 0.269 e. The minimum Gasteiger partial charge on any atom is -0.269 e. The summed E-state index contributed by atoms with van der Waals surface area (Å²) in [5, 5.41) is 4.83. The highest BCUT2D eigenvalue weighted by Crippen LogP contribution is 2.47. The fourth-order valence-electron chi connectivity index (χ4n) is 4.43. The molecule has 0 radical (unpaired) electrons. The first kappa shape index (κ1) is 14.1. The van der Waals surface area contributed by atoms with Gasteiger partial charge in [-0.2, -0.15) is 0 Å². The molecule has 2 atom stereocenters. The molecule has 0 saturated carbocycles. The van der Waals surface area contributed by atoms with Crippen molar-refractivity contribution in [2.75, 3.05) is 5.06 Å². The van der Waals surface area contributed by atoms with Gasteiger partial charge in [-0.25, -0.2) is 5.06 Å². The van der Waals surface area contributed by atoms with E-state index in [1.165, 1.54) is 38.7 Å². The molecule has 1 saturated heterocycles. The van der Waals surface area contributed by atoms with Gasteiger partial charge in [0.2, 0.25) is 0 Å². The number of aryl methyl sites for hydroxylation is 2. The summed E-state index contributed by atoms with van der Waals surface area (Å²) in [5.41, 5.74) is 6.79. The van der Waals surface area contributed by atoms with Crippen LogP contribution in [0.2, 0.25) is 0 Å². The van der Waals surface area contributed by atoms with Crippen molar-refractivity contribution in [3.63, 3.8) is 0 Å². The Morgan fingerprint density at radius 2 is 1.83 bits per heavy atom. The van der Waals surface area contributed by atoms with Gasteiger partial charge in [0.1, 0.15) is 0 Å². The number of hydrogen-bond acceptors (Lipinski definition) is 2. The minimum absolute atomic E-state index is 0.294. The highest BCUT2D eigenvalue weighted by molar-refractivity contribution is 5.86. The van der Waals surface area contributed by atoms with Crippen LogP contribution in [0, 0.1) is 13.8 Å². The molecule has 0 spiro atoms. The lowest BCUT2D eigenvalue weighted by atomic mass is 9.95. The average molecular weight is 315 g/mol. The van der Waals surface area contributed by atoms with E-state index in [-0.39, 0.29) is 0 Å². The van der Waals surface area contributed by atoms with E-state index in [0.717, 1.165) is 12.8 Å². The molecule has 1 fully saturated rings. The van der Waals surface area contributed by atoms with E-state index in [1.54, 1.807) is 0 Å². The van der Waals surface area contributed by atoms with E-state index < -0.39 is 0 Å². The lowest BCUT2D eigenvalue weighted by molar-refractivity contribution is 0.0732. The van der Waals surface area contributed by atoms with Crippen LogP contribution in [0.1, 0.15) is 34.7 Å². The lowest BCUT2D eigenvalue weighted by Crippen LogP contribution is -2.28. The van der Waals surface area contributed by atoms with Crippen molar-refractivity contribution in [1.82, 2.24) is 0 Å². The van der Waals surface area contributed by atoms with E-state index in [9.17, 15) is 0 Å². The normalized spacial score (nSPS) is 22.0. The Morgan fingerprint density at radius 1 is 1.00 bits per heavy atom. The molecule has 2 heteroatoms. The van der Waals surface area contributed by atoms with Gasteiger partial charge in [0.05, 0.1) is 17.8 Å². The van der Waals surface area contributed by atoms with Crippen molar-refractivity contribution in [2.24, 2.45) is 0 Å². The molecule has 0 N–H and O–H groups in total. The van der Waals surface area contributed by atoms with Crippen molar-refractivity contribution < 1.29 is 4.84 Å². The number of hydroxylamine groups is 1. The standard InChI is InChI=1S/C22H21NO/c1-14-10-15(2)20-12-17-13-22(23(24-17)21(20)11-14)19-9-5-7-16-6-3-4-8-18(16)19/h3-11,17,22H,12-13H2,1-2H3/t17-,22+/m1/s1. The minimum atomic E-state index is 0.294. The van der Waals surface area contributed by atoms with Gasteiger partial charge in [0, 0.05) is 12.8 Å². The molecular formula is C22H21NO. The van der Waals surface area contributed by atoms with Gasteiger partial charge >= 0.3 is 0 Å². The SMILES string of the molecule is Cc1cc(C)c2c(c1)N1O[C@H](C2)C[C@H]1c1cccc2ccccc12. The fraction of sp³-hybridized carbons (Fsp3) is 0.273. The van der Waals surface area contributed by atoms with Crippen LogP contribution < -0.4 is 5.06 Å². The second-order valence-corrected chi connectivity index (χ2v) is 7.16. The Morgan fingerprint density at radius 3 is 2.75 bits per heavy atom. The van der Waals surface area contributed by atoms with E-state index in [0.29, 0.717) is 12.1 Å². The maximum atomic E-state index is 6.28. The topological polar surface area (TPSA) is 12.5 Å². The predicted molar refractivity (Wildman–Crippen MR) is 98.3 cm³/mol. The van der Waals surface area contributed by atoms with E-state index >= 15 is 0 Å². The predicted octanol–water partition coefficient (Wildman–Crippen LogP) is 5.26. The molecular weight excluding hydrogens is 294 g/mol. The van der Waals surface area contributed by atoms with Gasteiger partial charge in [0.15, 0.2) is 0 Å². The third kappa shape index (κ3) is 1.99. The molecule has 2 aliphatic rings.